The monoisotopic (exact) mass is 274 g/mol. The molecule has 20 heavy (non-hydrogen) atoms. The smallest absolute Gasteiger partial charge is 0.242 e. The van der Waals surface area contributed by atoms with Gasteiger partial charge >= 0.3 is 0 Å². The second kappa shape index (κ2) is 6.55. The summed E-state index contributed by atoms with van der Waals surface area (Å²) in [5, 5.41) is 0. The minimum atomic E-state index is 0.0549. The molecule has 108 valence electrons. The van der Waals surface area contributed by atoms with Gasteiger partial charge in [0.15, 0.2) is 0 Å². The Morgan fingerprint density at radius 3 is 2.50 bits per heavy atom. The van der Waals surface area contributed by atoms with Gasteiger partial charge in [-0.3, -0.25) is 9.59 Å². The molecule has 0 spiro atoms. The first-order chi connectivity index (χ1) is 9.58. The van der Waals surface area contributed by atoms with E-state index in [0.717, 1.165) is 12.0 Å². The zero-order chi connectivity index (χ0) is 14.5. The highest BCUT2D eigenvalue weighted by atomic mass is 16.2. The van der Waals surface area contributed by atoms with Gasteiger partial charge in [-0.2, -0.15) is 0 Å². The van der Waals surface area contributed by atoms with Crippen molar-refractivity contribution in [3.63, 3.8) is 0 Å². The Labute approximate surface area is 120 Å². The van der Waals surface area contributed by atoms with E-state index < -0.39 is 0 Å². The number of rotatable bonds is 4. The maximum atomic E-state index is 12.1. The van der Waals surface area contributed by atoms with Gasteiger partial charge in [0.1, 0.15) is 0 Å². The van der Waals surface area contributed by atoms with Crippen LogP contribution in [0.3, 0.4) is 0 Å². The zero-order valence-electron chi connectivity index (χ0n) is 12.2. The Morgan fingerprint density at radius 2 is 1.90 bits per heavy atom. The van der Waals surface area contributed by atoms with Crippen LogP contribution in [0, 0.1) is 0 Å². The molecule has 4 nitrogen and oxygen atoms in total. The van der Waals surface area contributed by atoms with Crippen LogP contribution in [0.1, 0.15) is 25.8 Å². The lowest BCUT2D eigenvalue weighted by Gasteiger charge is -2.36. The molecule has 0 aromatic heterocycles. The van der Waals surface area contributed by atoms with Crippen LogP contribution in [-0.4, -0.2) is 47.3 Å². The fourth-order valence-corrected chi connectivity index (χ4v) is 2.50. The number of amides is 2. The largest absolute Gasteiger partial charge is 0.337 e. The first-order valence-electron chi connectivity index (χ1n) is 7.19. The van der Waals surface area contributed by atoms with Crippen molar-refractivity contribution in [3.8, 4) is 0 Å². The summed E-state index contributed by atoms with van der Waals surface area (Å²) < 4.78 is 0. The molecule has 0 atom stereocenters. The Kier molecular flexibility index (Phi) is 4.77. The minimum Gasteiger partial charge on any atom is -0.337 e. The van der Waals surface area contributed by atoms with Crippen LogP contribution >= 0.6 is 0 Å². The van der Waals surface area contributed by atoms with Crippen LogP contribution in [0.15, 0.2) is 30.3 Å². The first kappa shape index (κ1) is 14.6. The minimum absolute atomic E-state index is 0.0549. The summed E-state index contributed by atoms with van der Waals surface area (Å²) in [6.45, 7) is 5.53. The molecule has 1 fully saturated rings. The van der Waals surface area contributed by atoms with Crippen molar-refractivity contribution in [3.05, 3.63) is 35.9 Å². The quantitative estimate of drug-likeness (QED) is 0.838. The summed E-state index contributed by atoms with van der Waals surface area (Å²) in [6.07, 6.45) is 1.21. The number of carbonyl (C=O) groups excluding carboxylic acids is 2. The number of aryl methyl sites for hydroxylation is 1. The summed E-state index contributed by atoms with van der Waals surface area (Å²) in [6, 6.07) is 10.2. The number of piperazine rings is 1. The number of nitrogens with zero attached hydrogens (tertiary/aromatic N) is 2. The molecule has 1 aromatic carbocycles. The molecular formula is C16H22N2O2. The molecule has 1 aromatic rings. The van der Waals surface area contributed by atoms with Crippen LogP contribution in [0.2, 0.25) is 0 Å². The molecule has 2 rings (SSSR count). The van der Waals surface area contributed by atoms with Gasteiger partial charge in [-0.15, -0.1) is 0 Å². The van der Waals surface area contributed by atoms with Crippen LogP contribution in [-0.2, 0) is 16.0 Å². The number of carbonyl (C=O) groups is 2. The molecule has 1 aliphatic heterocycles. The summed E-state index contributed by atoms with van der Waals surface area (Å²) in [7, 11) is 0. The van der Waals surface area contributed by atoms with Gasteiger partial charge in [0, 0.05) is 25.6 Å². The maximum absolute atomic E-state index is 12.1. The highest BCUT2D eigenvalue weighted by molar-refractivity contribution is 5.86. The van der Waals surface area contributed by atoms with Crippen molar-refractivity contribution >= 4 is 11.8 Å². The van der Waals surface area contributed by atoms with E-state index in [1.807, 2.05) is 49.1 Å². The van der Waals surface area contributed by atoms with Gasteiger partial charge in [0.25, 0.3) is 0 Å². The van der Waals surface area contributed by atoms with Crippen molar-refractivity contribution in [1.29, 1.82) is 0 Å². The molecule has 0 N–H and O–H groups in total. The van der Waals surface area contributed by atoms with Crippen molar-refractivity contribution in [1.82, 2.24) is 9.80 Å². The van der Waals surface area contributed by atoms with Crippen LogP contribution in [0.25, 0.3) is 0 Å². The Balaban J connectivity index is 1.84. The van der Waals surface area contributed by atoms with Crippen molar-refractivity contribution in [2.75, 3.05) is 19.6 Å². The van der Waals surface area contributed by atoms with Crippen LogP contribution in [0.4, 0.5) is 0 Å². The van der Waals surface area contributed by atoms with Gasteiger partial charge < -0.3 is 9.80 Å². The predicted molar refractivity (Wildman–Crippen MR) is 78.2 cm³/mol. The van der Waals surface area contributed by atoms with E-state index in [-0.39, 0.29) is 24.4 Å². The van der Waals surface area contributed by atoms with Crippen LogP contribution < -0.4 is 0 Å². The Bertz CT molecular complexity index is 471. The summed E-state index contributed by atoms with van der Waals surface area (Å²) in [5.74, 6) is 0.130. The van der Waals surface area contributed by atoms with Crippen molar-refractivity contribution < 1.29 is 9.59 Å². The van der Waals surface area contributed by atoms with Gasteiger partial charge in [-0.25, -0.2) is 0 Å². The third-order valence-corrected chi connectivity index (χ3v) is 3.70. The summed E-state index contributed by atoms with van der Waals surface area (Å²) in [5.41, 5.74) is 1.16. The molecule has 4 heteroatoms. The predicted octanol–water partition coefficient (Wildman–Crippen LogP) is 1.70. The zero-order valence-corrected chi connectivity index (χ0v) is 12.2. The van der Waals surface area contributed by atoms with Gasteiger partial charge in [0.2, 0.25) is 11.8 Å². The molecule has 1 aliphatic rings. The fourth-order valence-electron chi connectivity index (χ4n) is 2.50. The van der Waals surface area contributed by atoms with E-state index in [1.54, 1.807) is 4.90 Å². The van der Waals surface area contributed by atoms with E-state index in [1.165, 1.54) is 0 Å². The Hall–Kier alpha value is -1.84. The summed E-state index contributed by atoms with van der Waals surface area (Å²) in [4.78, 5) is 27.6. The lowest BCUT2D eigenvalue weighted by molar-refractivity contribution is -0.146. The SMILES string of the molecule is CC(C)N1CCN(C(=O)CCc2ccccc2)CC1=O. The summed E-state index contributed by atoms with van der Waals surface area (Å²) >= 11 is 0. The van der Waals surface area contributed by atoms with Crippen molar-refractivity contribution in [2.45, 2.75) is 32.7 Å². The van der Waals surface area contributed by atoms with Gasteiger partial charge in [-0.1, -0.05) is 30.3 Å². The first-order valence-corrected chi connectivity index (χ1v) is 7.19. The van der Waals surface area contributed by atoms with E-state index >= 15 is 0 Å². The van der Waals surface area contributed by atoms with Crippen LogP contribution in [0.5, 0.6) is 0 Å². The normalized spacial score (nSPS) is 15.8. The van der Waals surface area contributed by atoms with E-state index in [2.05, 4.69) is 0 Å². The lowest BCUT2D eigenvalue weighted by atomic mass is 10.1. The Morgan fingerprint density at radius 1 is 1.20 bits per heavy atom. The van der Waals surface area contributed by atoms with Gasteiger partial charge in [-0.05, 0) is 25.8 Å². The maximum Gasteiger partial charge on any atom is 0.242 e. The molecule has 1 saturated heterocycles. The van der Waals surface area contributed by atoms with E-state index in [0.29, 0.717) is 19.5 Å². The molecule has 0 unspecified atom stereocenters. The molecular weight excluding hydrogens is 252 g/mol. The van der Waals surface area contributed by atoms with Crippen molar-refractivity contribution in [2.24, 2.45) is 0 Å². The second-order valence-corrected chi connectivity index (χ2v) is 5.48. The fraction of sp³-hybridized carbons (Fsp3) is 0.500. The average molecular weight is 274 g/mol. The lowest BCUT2D eigenvalue weighted by Crippen LogP contribution is -2.54. The average Bonchev–Trinajstić information content (AvgIpc) is 2.45. The standard InChI is InChI=1S/C16H22N2O2/c1-13(2)18-11-10-17(12-16(18)20)15(19)9-8-14-6-4-3-5-7-14/h3-7,13H,8-12H2,1-2H3. The second-order valence-electron chi connectivity index (χ2n) is 5.48. The number of benzene rings is 1. The molecule has 1 heterocycles. The number of hydrogen-bond acceptors (Lipinski definition) is 2. The highest BCUT2D eigenvalue weighted by Crippen LogP contribution is 2.10. The van der Waals surface area contributed by atoms with Gasteiger partial charge in [0.05, 0.1) is 6.54 Å². The highest BCUT2D eigenvalue weighted by Gasteiger charge is 2.27. The molecule has 0 aliphatic carbocycles. The molecule has 0 bridgehead atoms. The topological polar surface area (TPSA) is 40.6 Å². The number of hydrogen-bond donors (Lipinski definition) is 0. The molecule has 2 amide bonds. The molecule has 0 saturated carbocycles. The molecule has 0 radical (unpaired) electrons. The van der Waals surface area contributed by atoms with E-state index in [4.69, 9.17) is 0 Å². The van der Waals surface area contributed by atoms with E-state index in [9.17, 15) is 9.59 Å². The third kappa shape index (κ3) is 3.59. The third-order valence-electron chi connectivity index (χ3n) is 3.70.